The van der Waals surface area contributed by atoms with Gasteiger partial charge in [0.1, 0.15) is 5.56 Å². The molecule has 0 spiro atoms. The number of hydrogen-bond donors (Lipinski definition) is 1. The molecule has 0 saturated heterocycles. The van der Waals surface area contributed by atoms with Gasteiger partial charge in [-0.25, -0.2) is 4.79 Å². The van der Waals surface area contributed by atoms with E-state index in [4.69, 9.17) is 14.2 Å². The summed E-state index contributed by atoms with van der Waals surface area (Å²) in [6.45, 7) is 0. The molecular weight excluding hydrogens is 340 g/mol. The van der Waals surface area contributed by atoms with Crippen molar-refractivity contribution in [2.45, 2.75) is 0 Å². The number of benzene rings is 1. The summed E-state index contributed by atoms with van der Waals surface area (Å²) >= 11 is 0. The first kappa shape index (κ1) is 19.0. The summed E-state index contributed by atoms with van der Waals surface area (Å²) < 4.78 is 15.9. The minimum Gasteiger partial charge on any atom is -0.492 e. The molecule has 0 fully saturated rings. The van der Waals surface area contributed by atoms with Gasteiger partial charge in [0, 0.05) is 37.6 Å². The maximum atomic E-state index is 12.2. The van der Waals surface area contributed by atoms with Crippen LogP contribution >= 0.6 is 0 Å². The first-order valence-corrected chi connectivity index (χ1v) is 7.59. The van der Waals surface area contributed by atoms with Gasteiger partial charge in [-0.15, -0.1) is 0 Å². The predicted molar refractivity (Wildman–Crippen MR) is 94.3 cm³/mol. The number of nitrogens with zero attached hydrogens (tertiary/aromatic N) is 2. The summed E-state index contributed by atoms with van der Waals surface area (Å²) in [6.07, 6.45) is 2.96. The molecule has 0 aliphatic heterocycles. The van der Waals surface area contributed by atoms with E-state index in [1.807, 2.05) is 0 Å². The number of rotatable bonds is 6. The van der Waals surface area contributed by atoms with Crippen molar-refractivity contribution in [3.05, 3.63) is 35.7 Å². The third kappa shape index (κ3) is 3.39. The Kier molecular flexibility index (Phi) is 5.66. The van der Waals surface area contributed by atoms with Gasteiger partial charge in [-0.3, -0.25) is 9.78 Å². The smallest absolute Gasteiger partial charge is 0.339 e. The fourth-order valence-electron chi connectivity index (χ4n) is 2.55. The normalized spacial score (nSPS) is 10.2. The number of carbonyl (C=O) groups is 2. The van der Waals surface area contributed by atoms with Crippen LogP contribution in [0.1, 0.15) is 20.7 Å². The topological polar surface area (TPSA) is 98.2 Å². The van der Waals surface area contributed by atoms with Crippen LogP contribution < -0.4 is 14.2 Å². The van der Waals surface area contributed by atoms with Crippen LogP contribution in [0.2, 0.25) is 0 Å². The number of aromatic nitrogens is 1. The van der Waals surface area contributed by atoms with Crippen molar-refractivity contribution < 1.29 is 28.9 Å². The summed E-state index contributed by atoms with van der Waals surface area (Å²) in [6, 6.07) is 3.02. The second kappa shape index (κ2) is 7.73. The molecule has 1 aromatic heterocycles. The SMILES string of the molecule is COc1c(C(=O)O)cc(-c2cncc(C(=O)N(C)C)c2)c(OC)c1OC. The Morgan fingerprint density at radius 2 is 1.58 bits per heavy atom. The molecule has 0 saturated carbocycles. The molecule has 138 valence electrons. The predicted octanol–water partition coefficient (Wildman–Crippen LogP) is 2.17. The van der Waals surface area contributed by atoms with Crippen LogP contribution in [-0.4, -0.2) is 62.3 Å². The average molecular weight is 360 g/mol. The van der Waals surface area contributed by atoms with Gasteiger partial charge in [0.2, 0.25) is 5.75 Å². The van der Waals surface area contributed by atoms with E-state index < -0.39 is 5.97 Å². The molecule has 0 unspecified atom stereocenters. The van der Waals surface area contributed by atoms with Gasteiger partial charge in [0.05, 0.1) is 26.9 Å². The lowest BCUT2D eigenvalue weighted by molar-refractivity contribution is 0.0692. The zero-order chi connectivity index (χ0) is 19.4. The maximum absolute atomic E-state index is 12.2. The van der Waals surface area contributed by atoms with E-state index in [9.17, 15) is 14.7 Å². The highest BCUT2D eigenvalue weighted by Gasteiger charge is 2.25. The largest absolute Gasteiger partial charge is 0.492 e. The lowest BCUT2D eigenvalue weighted by Gasteiger charge is -2.18. The van der Waals surface area contributed by atoms with Gasteiger partial charge in [0.15, 0.2) is 11.5 Å². The van der Waals surface area contributed by atoms with E-state index in [1.54, 1.807) is 20.2 Å². The summed E-state index contributed by atoms with van der Waals surface area (Å²) in [5.41, 5.74) is 1.20. The fraction of sp³-hybridized carbons (Fsp3) is 0.278. The van der Waals surface area contributed by atoms with E-state index in [1.165, 1.54) is 44.7 Å². The number of ether oxygens (including phenoxy) is 3. The number of carboxylic acids is 1. The number of pyridine rings is 1. The zero-order valence-corrected chi connectivity index (χ0v) is 15.2. The molecule has 0 radical (unpaired) electrons. The minimum atomic E-state index is -1.18. The Hall–Kier alpha value is -3.29. The highest BCUT2D eigenvalue weighted by atomic mass is 16.5. The third-order valence-electron chi connectivity index (χ3n) is 3.74. The van der Waals surface area contributed by atoms with Gasteiger partial charge in [-0.2, -0.15) is 0 Å². The van der Waals surface area contributed by atoms with Gasteiger partial charge < -0.3 is 24.2 Å². The summed E-state index contributed by atoms with van der Waals surface area (Å²) in [7, 11) is 7.44. The number of carbonyl (C=O) groups excluding carboxylic acids is 1. The standard InChI is InChI=1S/C18H20N2O6/c1-20(2)17(21)11-6-10(8-19-9-11)12-7-13(18(22)23)15(25-4)16(26-5)14(12)24-3/h6-9H,1-5H3,(H,22,23). The number of carboxylic acid groups (broad SMARTS) is 1. The van der Waals surface area contributed by atoms with Crippen molar-refractivity contribution >= 4 is 11.9 Å². The van der Waals surface area contributed by atoms with E-state index in [0.29, 0.717) is 16.7 Å². The Morgan fingerprint density at radius 3 is 2.08 bits per heavy atom. The van der Waals surface area contributed by atoms with Gasteiger partial charge in [-0.1, -0.05) is 0 Å². The molecule has 0 bridgehead atoms. The molecule has 26 heavy (non-hydrogen) atoms. The van der Waals surface area contributed by atoms with Crippen LogP contribution in [-0.2, 0) is 0 Å². The molecule has 1 heterocycles. The molecule has 1 amide bonds. The summed E-state index contributed by atoms with van der Waals surface area (Å²) in [4.78, 5) is 29.4. The number of amides is 1. The third-order valence-corrected chi connectivity index (χ3v) is 3.74. The van der Waals surface area contributed by atoms with E-state index in [0.717, 1.165) is 0 Å². The second-order valence-electron chi connectivity index (χ2n) is 5.54. The van der Waals surface area contributed by atoms with Crippen molar-refractivity contribution in [3.8, 4) is 28.4 Å². The average Bonchev–Trinajstić information content (AvgIpc) is 2.65. The molecule has 8 nitrogen and oxygen atoms in total. The molecule has 0 aliphatic carbocycles. The lowest BCUT2D eigenvalue weighted by Crippen LogP contribution is -2.21. The molecular formula is C18H20N2O6. The first-order chi connectivity index (χ1) is 12.3. The summed E-state index contributed by atoms with van der Waals surface area (Å²) in [5, 5.41) is 9.51. The molecule has 1 N–H and O–H groups in total. The van der Waals surface area contributed by atoms with Crippen molar-refractivity contribution in [1.29, 1.82) is 0 Å². The fourth-order valence-corrected chi connectivity index (χ4v) is 2.55. The highest BCUT2D eigenvalue weighted by molar-refractivity contribution is 5.98. The van der Waals surface area contributed by atoms with Gasteiger partial charge in [-0.05, 0) is 12.1 Å². The second-order valence-corrected chi connectivity index (χ2v) is 5.54. The number of methoxy groups -OCH3 is 3. The first-order valence-electron chi connectivity index (χ1n) is 7.59. The number of hydrogen-bond acceptors (Lipinski definition) is 6. The molecule has 0 atom stereocenters. The molecule has 0 aliphatic rings. The van der Waals surface area contributed by atoms with Crippen molar-refractivity contribution in [2.75, 3.05) is 35.4 Å². The van der Waals surface area contributed by atoms with E-state index in [2.05, 4.69) is 4.98 Å². The van der Waals surface area contributed by atoms with Crippen LogP contribution in [0.5, 0.6) is 17.2 Å². The molecule has 1 aromatic carbocycles. The Labute approximate surface area is 150 Å². The van der Waals surface area contributed by atoms with Crippen LogP contribution in [0.4, 0.5) is 0 Å². The Bertz CT molecular complexity index is 848. The Balaban J connectivity index is 2.77. The van der Waals surface area contributed by atoms with Crippen molar-refractivity contribution in [1.82, 2.24) is 9.88 Å². The number of aromatic carboxylic acids is 1. The van der Waals surface area contributed by atoms with Crippen LogP contribution in [0, 0.1) is 0 Å². The van der Waals surface area contributed by atoms with E-state index in [-0.39, 0.29) is 28.7 Å². The Morgan fingerprint density at radius 1 is 0.962 bits per heavy atom. The minimum absolute atomic E-state index is 0.0501. The van der Waals surface area contributed by atoms with Gasteiger partial charge >= 0.3 is 5.97 Å². The van der Waals surface area contributed by atoms with Crippen LogP contribution in [0.25, 0.3) is 11.1 Å². The quantitative estimate of drug-likeness (QED) is 0.843. The van der Waals surface area contributed by atoms with Crippen LogP contribution in [0.15, 0.2) is 24.5 Å². The molecule has 8 heteroatoms. The van der Waals surface area contributed by atoms with E-state index >= 15 is 0 Å². The van der Waals surface area contributed by atoms with Crippen molar-refractivity contribution in [2.24, 2.45) is 0 Å². The zero-order valence-electron chi connectivity index (χ0n) is 15.2. The maximum Gasteiger partial charge on any atom is 0.339 e. The molecule has 2 rings (SSSR count). The van der Waals surface area contributed by atoms with Gasteiger partial charge in [0.25, 0.3) is 5.91 Å². The monoisotopic (exact) mass is 360 g/mol. The van der Waals surface area contributed by atoms with Crippen molar-refractivity contribution in [3.63, 3.8) is 0 Å². The lowest BCUT2D eigenvalue weighted by atomic mass is 10.00. The van der Waals surface area contributed by atoms with Crippen LogP contribution in [0.3, 0.4) is 0 Å². The molecule has 2 aromatic rings. The highest BCUT2D eigenvalue weighted by Crippen LogP contribution is 2.46. The summed E-state index contributed by atoms with van der Waals surface area (Å²) in [5.74, 6) is -0.927.